The van der Waals surface area contributed by atoms with Crippen LogP contribution in [-0.4, -0.2) is 47.4 Å². The minimum Gasteiger partial charge on any atom is -0.466 e. The number of allylic oxidation sites excluding steroid dienone is 4. The smallest absolute Gasteiger partial charge is 0.305 e. The predicted octanol–water partition coefficient (Wildman–Crippen LogP) is 22.9. The Morgan fingerprint density at radius 3 is 1.00 bits per heavy atom. The number of carbonyl (C=O) groups excluding carboxylic acids is 2. The maximum absolute atomic E-state index is 12.6. The summed E-state index contributed by atoms with van der Waals surface area (Å²) >= 11 is 0. The van der Waals surface area contributed by atoms with Crippen LogP contribution in [0, 0.1) is 0 Å². The number of aliphatic hydroxyl groups excluding tert-OH is 2. The molecule has 0 saturated heterocycles. The maximum atomic E-state index is 12.6. The van der Waals surface area contributed by atoms with E-state index in [0.717, 1.165) is 51.4 Å². The summed E-state index contributed by atoms with van der Waals surface area (Å²) in [6.45, 7) is 4.96. The molecule has 0 saturated carbocycles. The number of amides is 1. The zero-order valence-electron chi connectivity index (χ0n) is 52.9. The molecule has 0 bridgehead atoms. The molecular weight excluding hydrogens is 959 g/mol. The Balaban J connectivity index is 3.38. The second kappa shape index (κ2) is 67.8. The van der Waals surface area contributed by atoms with Crippen LogP contribution in [0.25, 0.3) is 0 Å². The second-order valence-corrected chi connectivity index (χ2v) is 24.6. The van der Waals surface area contributed by atoms with Gasteiger partial charge in [-0.15, -0.1) is 0 Å². The Labute approximate surface area is 488 Å². The van der Waals surface area contributed by atoms with Gasteiger partial charge in [0.1, 0.15) is 0 Å². The lowest BCUT2D eigenvalue weighted by Gasteiger charge is -2.22. The van der Waals surface area contributed by atoms with Crippen LogP contribution in [0.15, 0.2) is 24.3 Å². The molecule has 2 atom stereocenters. The van der Waals surface area contributed by atoms with Gasteiger partial charge in [-0.25, -0.2) is 0 Å². The van der Waals surface area contributed by atoms with E-state index in [1.165, 1.54) is 315 Å². The summed E-state index contributed by atoms with van der Waals surface area (Å²) in [4.78, 5) is 24.7. The van der Waals surface area contributed by atoms with E-state index < -0.39 is 12.1 Å². The quantitative estimate of drug-likeness (QED) is 0.0320. The molecule has 462 valence electrons. The molecule has 2 unspecified atom stereocenters. The Hall–Kier alpha value is -1.66. The molecule has 0 aliphatic heterocycles. The SMILES string of the molecule is CCCCC/C=C\C/C=C\CCCCCCCCCC(=O)OCCCCCCCCCCCCCCCCCCCCCCCC(=O)NC(CO)C(O)CCCCCCCCCCCCCCCCCCCCCCCCC. The van der Waals surface area contributed by atoms with Gasteiger partial charge in [0.15, 0.2) is 0 Å². The van der Waals surface area contributed by atoms with E-state index in [1.807, 2.05) is 0 Å². The zero-order valence-corrected chi connectivity index (χ0v) is 52.9. The number of aliphatic hydroxyl groups is 2. The van der Waals surface area contributed by atoms with E-state index in [4.69, 9.17) is 4.74 Å². The van der Waals surface area contributed by atoms with E-state index in [0.29, 0.717) is 25.9 Å². The summed E-state index contributed by atoms with van der Waals surface area (Å²) < 4.78 is 5.50. The Morgan fingerprint density at radius 1 is 0.359 bits per heavy atom. The third-order valence-electron chi connectivity index (χ3n) is 16.8. The number of unbranched alkanes of at least 4 members (excludes halogenated alkanes) is 52. The average molecular weight is 1100 g/mol. The third kappa shape index (κ3) is 63.5. The van der Waals surface area contributed by atoms with Crippen molar-refractivity contribution in [1.29, 1.82) is 0 Å². The number of carbonyl (C=O) groups is 2. The molecule has 1 amide bonds. The van der Waals surface area contributed by atoms with Gasteiger partial charge < -0.3 is 20.3 Å². The molecule has 0 aromatic carbocycles. The molecule has 78 heavy (non-hydrogen) atoms. The van der Waals surface area contributed by atoms with Crippen molar-refractivity contribution >= 4 is 11.9 Å². The number of hydrogen-bond donors (Lipinski definition) is 3. The highest BCUT2D eigenvalue weighted by Gasteiger charge is 2.20. The number of ether oxygens (including phenoxy) is 1. The lowest BCUT2D eigenvalue weighted by Crippen LogP contribution is -2.45. The maximum Gasteiger partial charge on any atom is 0.305 e. The van der Waals surface area contributed by atoms with Crippen LogP contribution in [0.4, 0.5) is 0 Å². The third-order valence-corrected chi connectivity index (χ3v) is 16.8. The molecule has 0 heterocycles. The van der Waals surface area contributed by atoms with E-state index in [2.05, 4.69) is 43.5 Å². The van der Waals surface area contributed by atoms with Crippen molar-refractivity contribution in [2.45, 2.75) is 411 Å². The van der Waals surface area contributed by atoms with Crippen molar-refractivity contribution in [3.63, 3.8) is 0 Å². The summed E-state index contributed by atoms with van der Waals surface area (Å²) in [6.07, 6.45) is 85.0. The van der Waals surface area contributed by atoms with Gasteiger partial charge >= 0.3 is 5.97 Å². The van der Waals surface area contributed by atoms with Crippen LogP contribution in [0.3, 0.4) is 0 Å². The summed E-state index contributed by atoms with van der Waals surface area (Å²) in [5, 5.41) is 23.4. The molecule has 0 radical (unpaired) electrons. The fraction of sp³-hybridized carbons (Fsp3) is 0.917. The first kappa shape index (κ1) is 76.3. The molecule has 0 spiro atoms. The van der Waals surface area contributed by atoms with Gasteiger partial charge in [0.05, 0.1) is 25.4 Å². The van der Waals surface area contributed by atoms with Crippen molar-refractivity contribution in [1.82, 2.24) is 5.32 Å². The molecule has 0 fully saturated rings. The van der Waals surface area contributed by atoms with Gasteiger partial charge in [-0.3, -0.25) is 9.59 Å². The van der Waals surface area contributed by atoms with E-state index in [1.54, 1.807) is 0 Å². The highest BCUT2D eigenvalue weighted by Crippen LogP contribution is 2.19. The molecule has 0 aromatic rings. The molecule has 6 heteroatoms. The monoisotopic (exact) mass is 1100 g/mol. The van der Waals surface area contributed by atoms with E-state index in [9.17, 15) is 19.8 Å². The molecule has 3 N–H and O–H groups in total. The van der Waals surface area contributed by atoms with Gasteiger partial charge in [0.25, 0.3) is 0 Å². The average Bonchev–Trinajstić information content (AvgIpc) is 3.44. The summed E-state index contributed by atoms with van der Waals surface area (Å²) in [5.74, 6) is -0.0259. The molecular formula is C72H139NO5. The van der Waals surface area contributed by atoms with Crippen LogP contribution in [0.2, 0.25) is 0 Å². The van der Waals surface area contributed by atoms with Crippen molar-refractivity contribution < 1.29 is 24.5 Å². The molecule has 0 aliphatic rings. The highest BCUT2D eigenvalue weighted by atomic mass is 16.5. The lowest BCUT2D eigenvalue weighted by molar-refractivity contribution is -0.143. The minimum atomic E-state index is -0.666. The Bertz CT molecular complexity index is 1220. The van der Waals surface area contributed by atoms with E-state index >= 15 is 0 Å². The van der Waals surface area contributed by atoms with Crippen molar-refractivity contribution in [3.05, 3.63) is 24.3 Å². The van der Waals surface area contributed by atoms with Crippen molar-refractivity contribution in [2.24, 2.45) is 0 Å². The first-order valence-electron chi connectivity index (χ1n) is 35.6. The topological polar surface area (TPSA) is 95.9 Å². The van der Waals surface area contributed by atoms with Gasteiger partial charge in [-0.2, -0.15) is 0 Å². The molecule has 0 aliphatic carbocycles. The number of esters is 1. The van der Waals surface area contributed by atoms with Gasteiger partial charge in [-0.1, -0.05) is 353 Å². The zero-order chi connectivity index (χ0) is 56.4. The molecule has 0 rings (SSSR count). The van der Waals surface area contributed by atoms with Gasteiger partial charge in [0.2, 0.25) is 5.91 Å². The first-order valence-corrected chi connectivity index (χ1v) is 35.6. The van der Waals surface area contributed by atoms with Crippen molar-refractivity contribution in [2.75, 3.05) is 13.2 Å². The molecule has 0 aromatic heterocycles. The fourth-order valence-corrected chi connectivity index (χ4v) is 11.3. The van der Waals surface area contributed by atoms with Crippen LogP contribution in [0.5, 0.6) is 0 Å². The van der Waals surface area contributed by atoms with Crippen LogP contribution >= 0.6 is 0 Å². The highest BCUT2D eigenvalue weighted by molar-refractivity contribution is 5.76. The molecule has 6 nitrogen and oxygen atoms in total. The van der Waals surface area contributed by atoms with Crippen LogP contribution in [0.1, 0.15) is 399 Å². The second-order valence-electron chi connectivity index (χ2n) is 24.6. The predicted molar refractivity (Wildman–Crippen MR) is 343 cm³/mol. The minimum absolute atomic E-state index is 0.00537. The number of nitrogens with one attached hydrogen (secondary N) is 1. The fourth-order valence-electron chi connectivity index (χ4n) is 11.3. The van der Waals surface area contributed by atoms with Crippen LogP contribution < -0.4 is 5.32 Å². The van der Waals surface area contributed by atoms with Crippen molar-refractivity contribution in [3.8, 4) is 0 Å². The van der Waals surface area contributed by atoms with E-state index in [-0.39, 0.29) is 18.5 Å². The normalized spacial score (nSPS) is 12.6. The lowest BCUT2D eigenvalue weighted by atomic mass is 10.0. The van der Waals surface area contributed by atoms with Gasteiger partial charge in [0, 0.05) is 12.8 Å². The van der Waals surface area contributed by atoms with Crippen LogP contribution in [-0.2, 0) is 14.3 Å². The summed E-state index contributed by atoms with van der Waals surface area (Å²) in [6, 6.07) is -0.544. The first-order chi connectivity index (χ1) is 38.5. The Kier molecular flexibility index (Phi) is 66.4. The van der Waals surface area contributed by atoms with Gasteiger partial charge in [-0.05, 0) is 57.8 Å². The summed E-state index contributed by atoms with van der Waals surface area (Å²) in [5.41, 5.74) is 0. The number of rotatable bonds is 67. The summed E-state index contributed by atoms with van der Waals surface area (Å²) in [7, 11) is 0. The Morgan fingerprint density at radius 2 is 0.641 bits per heavy atom. The standard InChI is InChI=1S/C72H139NO5/c1-3-5-7-9-11-13-15-17-19-21-22-23-24-26-29-33-36-40-44-48-52-56-60-64-70(75)69(68-74)73-71(76)65-61-57-53-49-45-41-37-34-30-27-25-28-31-35-39-43-47-51-55-59-63-67-78-72(77)66-62-58-54-50-46-42-38-32-20-18-16-14-12-10-8-6-4-2/h12,14,18,20,69-70,74-75H,3-11,13,15-17,19,21-68H2,1-2H3,(H,73,76)/b14-12-,20-18-. The number of hydrogen-bond acceptors (Lipinski definition) is 5. The largest absolute Gasteiger partial charge is 0.466 e.